The molecule has 3 atom stereocenters. The summed E-state index contributed by atoms with van der Waals surface area (Å²) in [6.45, 7) is 7.80. The second-order valence-electron chi connectivity index (χ2n) is 9.98. The molecule has 1 aromatic carbocycles. The van der Waals surface area contributed by atoms with Crippen molar-refractivity contribution in [2.75, 3.05) is 0 Å². The number of hydrogen-bond acceptors (Lipinski definition) is 6. The maximum absolute atomic E-state index is 13.0. The Hall–Kier alpha value is -2.99. The summed E-state index contributed by atoms with van der Waals surface area (Å²) in [5.74, 6) is 0.150. The van der Waals surface area contributed by atoms with Gasteiger partial charge in [-0.05, 0) is 57.5 Å². The Morgan fingerprint density at radius 3 is 2.42 bits per heavy atom. The van der Waals surface area contributed by atoms with E-state index in [1.165, 1.54) is 16.8 Å². The van der Waals surface area contributed by atoms with E-state index in [0.29, 0.717) is 11.2 Å². The van der Waals surface area contributed by atoms with Gasteiger partial charge in [0.05, 0.1) is 34.8 Å². The Morgan fingerprint density at radius 2 is 1.74 bits per heavy atom. The molecule has 7 nitrogen and oxygen atoms in total. The minimum absolute atomic E-state index is 0.150. The summed E-state index contributed by atoms with van der Waals surface area (Å²) in [4.78, 5) is 8.87. The van der Waals surface area contributed by atoms with Crippen LogP contribution in [0.1, 0.15) is 64.1 Å². The van der Waals surface area contributed by atoms with Crippen LogP contribution in [0.5, 0.6) is 0 Å². The Morgan fingerprint density at radius 1 is 1.03 bits per heavy atom. The smallest absolute Gasteiger partial charge is 0.420 e. The normalized spacial score (nSPS) is 15.0. The molecule has 202 valence electrons. The first kappa shape index (κ1) is 28.0. The summed E-state index contributed by atoms with van der Waals surface area (Å²) >= 11 is -1.27. The van der Waals surface area contributed by atoms with Crippen LogP contribution in [0.25, 0.3) is 28.0 Å². The van der Waals surface area contributed by atoms with Gasteiger partial charge in [0.25, 0.3) is 0 Å². The molecule has 4 rings (SSSR count). The first-order valence-corrected chi connectivity index (χ1v) is 13.4. The van der Waals surface area contributed by atoms with Gasteiger partial charge in [0, 0.05) is 22.3 Å². The fourth-order valence-corrected chi connectivity index (χ4v) is 4.76. The molecule has 2 N–H and O–H groups in total. The number of nitrogens with one attached hydrogen (secondary N) is 1. The van der Waals surface area contributed by atoms with Crippen LogP contribution in [-0.4, -0.2) is 40.3 Å². The van der Waals surface area contributed by atoms with Crippen LogP contribution in [0.3, 0.4) is 0 Å². The molecule has 0 unspecified atom stereocenters. The van der Waals surface area contributed by atoms with Gasteiger partial charge in [-0.25, -0.2) is 9.67 Å². The van der Waals surface area contributed by atoms with Gasteiger partial charge < -0.3 is 9.66 Å². The molecule has 0 aliphatic rings. The van der Waals surface area contributed by atoms with E-state index in [9.17, 15) is 22.8 Å². The first-order chi connectivity index (χ1) is 17.9. The van der Waals surface area contributed by atoms with Crippen LogP contribution < -0.4 is 4.72 Å². The molecule has 0 saturated carbocycles. The van der Waals surface area contributed by atoms with E-state index in [-0.39, 0.29) is 11.9 Å². The molecule has 38 heavy (non-hydrogen) atoms. The van der Waals surface area contributed by atoms with E-state index in [0.717, 1.165) is 35.6 Å². The van der Waals surface area contributed by atoms with Gasteiger partial charge >= 0.3 is 6.18 Å². The Kier molecular flexibility index (Phi) is 8.12. The average molecular weight is 546 g/mol. The standard InChI is InChI=1S/C27H30F3N5O2S/c1-5-8-21(34-38(37)26(2,3)4)20-10-6-9-19(32-20)17-13-14-18-16-31-35(23(18)15-17)24-12-7-11-22(33-24)25(36)27(28,29)30/h6-7,9-16,21,25,34,36H,5,8H2,1-4H3/t21-,25+,38+/m0/s1. The predicted octanol–water partition coefficient (Wildman–Crippen LogP) is 5.97. The fraction of sp³-hybridized carbons (Fsp3) is 0.370. The zero-order valence-electron chi connectivity index (χ0n) is 21.5. The number of aromatic nitrogens is 4. The number of aliphatic hydroxyl groups excluding tert-OH is 1. The maximum Gasteiger partial charge on any atom is 0.420 e. The number of halogens is 3. The van der Waals surface area contributed by atoms with Crippen molar-refractivity contribution in [2.45, 2.75) is 63.6 Å². The van der Waals surface area contributed by atoms with E-state index in [1.54, 1.807) is 6.20 Å². The predicted molar refractivity (Wildman–Crippen MR) is 142 cm³/mol. The lowest BCUT2D eigenvalue weighted by Crippen LogP contribution is -2.41. The number of hydrogen-bond donors (Lipinski definition) is 2. The van der Waals surface area contributed by atoms with E-state index in [4.69, 9.17) is 4.98 Å². The summed E-state index contributed by atoms with van der Waals surface area (Å²) in [5.41, 5.74) is 2.35. The molecule has 0 radical (unpaired) electrons. The third-order valence-electron chi connectivity index (χ3n) is 5.94. The van der Waals surface area contributed by atoms with Crippen LogP contribution in [0.2, 0.25) is 0 Å². The third kappa shape index (κ3) is 6.17. The third-order valence-corrected chi connectivity index (χ3v) is 7.55. The molecule has 0 aliphatic heterocycles. The van der Waals surface area contributed by atoms with Crippen molar-refractivity contribution in [3.63, 3.8) is 0 Å². The summed E-state index contributed by atoms with van der Waals surface area (Å²) in [7, 11) is 0. The lowest BCUT2D eigenvalue weighted by atomic mass is 10.1. The summed E-state index contributed by atoms with van der Waals surface area (Å²) < 4.78 is 56.1. The second kappa shape index (κ2) is 11.0. The molecule has 0 fully saturated rings. The Bertz CT molecular complexity index is 1400. The maximum atomic E-state index is 13.0. The first-order valence-electron chi connectivity index (χ1n) is 12.2. The van der Waals surface area contributed by atoms with Crippen molar-refractivity contribution in [2.24, 2.45) is 0 Å². The van der Waals surface area contributed by atoms with E-state index >= 15 is 0 Å². The Balaban J connectivity index is 1.70. The monoisotopic (exact) mass is 545 g/mol. The quantitative estimate of drug-likeness (QED) is 0.265. The minimum Gasteiger partial charge on any atom is -0.598 e. The van der Waals surface area contributed by atoms with Crippen molar-refractivity contribution >= 4 is 22.3 Å². The molecule has 0 aliphatic carbocycles. The molecule has 0 bridgehead atoms. The van der Waals surface area contributed by atoms with Crippen LogP contribution in [0, 0.1) is 0 Å². The highest BCUT2D eigenvalue weighted by Gasteiger charge is 2.40. The number of nitrogens with zero attached hydrogens (tertiary/aromatic N) is 4. The highest BCUT2D eigenvalue weighted by Crippen LogP contribution is 2.32. The second-order valence-corrected chi connectivity index (χ2v) is 12.0. The van der Waals surface area contributed by atoms with Gasteiger partial charge in [0.15, 0.2) is 11.9 Å². The molecule has 11 heteroatoms. The molecule has 3 heterocycles. The van der Waals surface area contributed by atoms with Crippen molar-refractivity contribution < 1.29 is 22.8 Å². The number of fused-ring (bicyclic) bond motifs is 1. The van der Waals surface area contributed by atoms with Gasteiger partial charge in [-0.15, -0.1) is 4.72 Å². The fourth-order valence-electron chi connectivity index (χ4n) is 3.91. The van der Waals surface area contributed by atoms with Crippen LogP contribution in [0.15, 0.2) is 60.8 Å². The Labute approximate surface area is 222 Å². The number of rotatable bonds is 8. The largest absolute Gasteiger partial charge is 0.598 e. The molecular weight excluding hydrogens is 515 g/mol. The van der Waals surface area contributed by atoms with Gasteiger partial charge in [0.1, 0.15) is 4.75 Å². The van der Waals surface area contributed by atoms with Crippen LogP contribution in [0.4, 0.5) is 13.2 Å². The highest BCUT2D eigenvalue weighted by atomic mass is 32.2. The van der Waals surface area contributed by atoms with Gasteiger partial charge in [-0.3, -0.25) is 4.98 Å². The zero-order chi connectivity index (χ0) is 27.7. The van der Waals surface area contributed by atoms with E-state index < -0.39 is 34.1 Å². The van der Waals surface area contributed by atoms with Gasteiger partial charge in [0.2, 0.25) is 0 Å². The van der Waals surface area contributed by atoms with Gasteiger partial charge in [-0.1, -0.05) is 37.6 Å². The SMILES string of the molecule is CCC[C@H](N[S@+]([O-])C(C)(C)C)c1cccc(-c2ccc3cnn(-c4cccc([C@@H](O)C(F)(F)F)n4)c3c2)n1. The van der Waals surface area contributed by atoms with Crippen molar-refractivity contribution in [1.29, 1.82) is 0 Å². The topological polar surface area (TPSA) is 98.9 Å². The summed E-state index contributed by atoms with van der Waals surface area (Å²) in [6.07, 6.45) is -4.28. The molecule has 0 spiro atoms. The van der Waals surface area contributed by atoms with E-state index in [2.05, 4.69) is 21.7 Å². The summed E-state index contributed by atoms with van der Waals surface area (Å²) in [5, 5.41) is 14.7. The molecule has 0 saturated heterocycles. The molecule has 4 aromatic rings. The average Bonchev–Trinajstić information content (AvgIpc) is 3.30. The van der Waals surface area contributed by atoms with Gasteiger partial charge in [-0.2, -0.15) is 18.3 Å². The number of alkyl halides is 3. The summed E-state index contributed by atoms with van der Waals surface area (Å²) in [6, 6.07) is 15.1. The zero-order valence-corrected chi connectivity index (χ0v) is 22.3. The van der Waals surface area contributed by atoms with Crippen molar-refractivity contribution in [1.82, 2.24) is 24.5 Å². The number of benzene rings is 1. The lowest BCUT2D eigenvalue weighted by molar-refractivity contribution is -0.207. The number of aliphatic hydroxyl groups is 1. The molecule has 3 aromatic heterocycles. The minimum atomic E-state index is -4.83. The van der Waals surface area contributed by atoms with Crippen LogP contribution >= 0.6 is 0 Å². The van der Waals surface area contributed by atoms with Crippen molar-refractivity contribution in [3.05, 3.63) is 72.2 Å². The lowest BCUT2D eigenvalue weighted by Gasteiger charge is -2.27. The molecule has 0 amide bonds. The van der Waals surface area contributed by atoms with Crippen LogP contribution in [-0.2, 0) is 11.4 Å². The molecular formula is C27H30F3N5O2S. The van der Waals surface area contributed by atoms with Crippen molar-refractivity contribution in [3.8, 4) is 17.1 Å². The van der Waals surface area contributed by atoms with E-state index in [1.807, 2.05) is 57.2 Å². The number of pyridine rings is 2. The highest BCUT2D eigenvalue weighted by molar-refractivity contribution is 7.90.